The first-order valence-electron chi connectivity index (χ1n) is 14.2. The number of aliphatic hydroxyl groups is 1. The number of para-hydroxylation sites is 2. The molecule has 3 aromatic rings. The summed E-state index contributed by atoms with van der Waals surface area (Å²) in [6, 6.07) is 13.5. The summed E-state index contributed by atoms with van der Waals surface area (Å²) >= 11 is 0. The zero-order valence-electron chi connectivity index (χ0n) is 21.7. The van der Waals surface area contributed by atoms with Crippen molar-refractivity contribution in [2.75, 3.05) is 0 Å². The predicted octanol–water partition coefficient (Wildman–Crippen LogP) is 4.39. The number of fused-ring (bicyclic) bond motifs is 3. The molecule has 0 spiro atoms. The van der Waals surface area contributed by atoms with E-state index in [2.05, 4.69) is 16.5 Å². The number of rotatable bonds is 4. The number of nitrogens with zero attached hydrogens (tertiary/aromatic N) is 4. The van der Waals surface area contributed by atoms with Gasteiger partial charge in [0.1, 0.15) is 11.5 Å². The molecular formula is C31H38N4O2. The van der Waals surface area contributed by atoms with Gasteiger partial charge in [0.15, 0.2) is 0 Å². The Morgan fingerprint density at radius 3 is 2.30 bits per heavy atom. The first-order valence-corrected chi connectivity index (χ1v) is 14.2. The van der Waals surface area contributed by atoms with Crippen LogP contribution < -0.4 is 16.1 Å². The van der Waals surface area contributed by atoms with Gasteiger partial charge in [-0.15, -0.1) is 0 Å². The molecule has 1 aromatic carbocycles. The number of hydrogen-bond donors (Lipinski definition) is 1. The maximum absolute atomic E-state index is 13.9. The van der Waals surface area contributed by atoms with Crippen molar-refractivity contribution >= 4 is 23.4 Å². The summed E-state index contributed by atoms with van der Waals surface area (Å²) in [7, 11) is 0. The summed E-state index contributed by atoms with van der Waals surface area (Å²) in [5.41, 5.74) is 2.04. The Morgan fingerprint density at radius 2 is 1.59 bits per heavy atom. The van der Waals surface area contributed by atoms with E-state index >= 15 is 0 Å². The highest BCUT2D eigenvalue weighted by molar-refractivity contribution is 5.75. The van der Waals surface area contributed by atoms with Crippen LogP contribution in [0, 0.1) is 0 Å². The van der Waals surface area contributed by atoms with E-state index in [1.165, 1.54) is 57.8 Å². The smallest absolute Gasteiger partial charge is 0.273 e. The van der Waals surface area contributed by atoms with Crippen molar-refractivity contribution in [2.24, 2.45) is 0 Å². The van der Waals surface area contributed by atoms with Crippen LogP contribution in [0.2, 0.25) is 0 Å². The molecule has 6 nitrogen and oxygen atoms in total. The van der Waals surface area contributed by atoms with Gasteiger partial charge >= 0.3 is 0 Å². The molecule has 0 radical (unpaired) electrons. The molecule has 1 aliphatic carbocycles. The Bertz CT molecular complexity index is 1400. The summed E-state index contributed by atoms with van der Waals surface area (Å²) in [5.74, 6) is 0.109. The second-order valence-electron chi connectivity index (χ2n) is 11.3. The fourth-order valence-electron chi connectivity index (χ4n) is 7.26. The minimum atomic E-state index is -0.0733. The van der Waals surface area contributed by atoms with E-state index in [4.69, 9.17) is 4.98 Å². The SMILES string of the molecule is C=c1ccc(=C(O)Cc2nc3ccccc3n(C3C[C@H]4CC[C@@H](C3)N4C3CCCCCCC3)c2=O)cn1. The molecule has 6 heteroatoms. The van der Waals surface area contributed by atoms with Crippen molar-refractivity contribution in [2.45, 2.75) is 101 Å². The summed E-state index contributed by atoms with van der Waals surface area (Å²) in [5, 5.41) is 12.1. The van der Waals surface area contributed by atoms with Crippen molar-refractivity contribution in [3.63, 3.8) is 0 Å². The molecule has 3 fully saturated rings. The molecule has 3 aliphatic rings. The molecule has 2 aromatic heterocycles. The number of aliphatic hydroxyl groups excluding tert-OH is 1. The second kappa shape index (κ2) is 10.4. The lowest BCUT2D eigenvalue weighted by Gasteiger charge is -2.45. The minimum absolute atomic E-state index is 0.0733. The van der Waals surface area contributed by atoms with Crippen LogP contribution in [0.5, 0.6) is 0 Å². The quantitative estimate of drug-likeness (QED) is 0.578. The molecule has 4 heterocycles. The van der Waals surface area contributed by atoms with Crippen LogP contribution in [0.15, 0.2) is 47.4 Å². The normalized spacial score (nSPS) is 26.1. The van der Waals surface area contributed by atoms with Crippen molar-refractivity contribution in [1.82, 2.24) is 19.4 Å². The first kappa shape index (κ1) is 24.4. The largest absolute Gasteiger partial charge is 0.511 e. The van der Waals surface area contributed by atoms with E-state index in [9.17, 15) is 9.90 Å². The lowest BCUT2D eigenvalue weighted by molar-refractivity contribution is 0.0497. The van der Waals surface area contributed by atoms with Gasteiger partial charge in [-0.2, -0.15) is 0 Å². The van der Waals surface area contributed by atoms with Gasteiger partial charge in [0.05, 0.1) is 22.8 Å². The third-order valence-corrected chi connectivity index (χ3v) is 8.98. The molecule has 1 N–H and O–H groups in total. The number of aromatic nitrogens is 3. The summed E-state index contributed by atoms with van der Waals surface area (Å²) in [4.78, 5) is 25.7. The molecule has 194 valence electrons. The van der Waals surface area contributed by atoms with Gasteiger partial charge < -0.3 is 9.67 Å². The lowest BCUT2D eigenvalue weighted by atomic mass is 9.89. The average Bonchev–Trinajstić information content (AvgIpc) is 3.13. The Labute approximate surface area is 218 Å². The summed E-state index contributed by atoms with van der Waals surface area (Å²) in [6.07, 6.45) is 15.7. The van der Waals surface area contributed by atoms with E-state index in [1.807, 2.05) is 28.8 Å². The van der Waals surface area contributed by atoms with Gasteiger partial charge in [-0.1, -0.05) is 50.8 Å². The molecule has 1 unspecified atom stereocenters. The maximum Gasteiger partial charge on any atom is 0.273 e. The lowest BCUT2D eigenvalue weighted by Crippen LogP contribution is -2.50. The van der Waals surface area contributed by atoms with Crippen LogP contribution in [-0.4, -0.2) is 42.7 Å². The predicted molar refractivity (Wildman–Crippen MR) is 148 cm³/mol. The van der Waals surface area contributed by atoms with E-state index in [0.29, 0.717) is 34.4 Å². The zero-order valence-corrected chi connectivity index (χ0v) is 21.7. The first-order chi connectivity index (χ1) is 18.1. The van der Waals surface area contributed by atoms with Crippen LogP contribution >= 0.6 is 0 Å². The van der Waals surface area contributed by atoms with E-state index in [1.54, 1.807) is 18.3 Å². The average molecular weight is 499 g/mol. The van der Waals surface area contributed by atoms with Crippen LogP contribution in [-0.2, 0) is 6.42 Å². The third kappa shape index (κ3) is 4.84. The van der Waals surface area contributed by atoms with Crippen molar-refractivity contribution in [3.8, 4) is 0 Å². The third-order valence-electron chi connectivity index (χ3n) is 8.98. The monoisotopic (exact) mass is 498 g/mol. The molecule has 2 bridgehead atoms. The van der Waals surface area contributed by atoms with Gasteiger partial charge in [-0.3, -0.25) is 14.7 Å². The van der Waals surface area contributed by atoms with Crippen LogP contribution in [0.25, 0.3) is 23.4 Å². The summed E-state index contributed by atoms with van der Waals surface area (Å²) < 4.78 is 2.02. The molecule has 37 heavy (non-hydrogen) atoms. The standard InChI is InChI=1S/C31H38N4O2/c1-21-13-14-22(20-32-21)30(36)19-28-31(37)35(29-12-8-7-11-27(29)33-28)26-17-24-15-16-25(18-26)34(24)23-9-5-3-2-4-6-10-23/h7-8,11-14,20,23-26,36H,1-6,9-10,15-19H2/t24-,25+,26?. The topological polar surface area (TPSA) is 71.2 Å². The fraction of sp³-hybridized carbons (Fsp3) is 0.516. The molecule has 2 aliphatic heterocycles. The fourth-order valence-corrected chi connectivity index (χ4v) is 7.26. The minimum Gasteiger partial charge on any atom is -0.511 e. The molecule has 0 amide bonds. The number of hydrogen-bond acceptors (Lipinski definition) is 5. The van der Waals surface area contributed by atoms with E-state index < -0.39 is 0 Å². The zero-order chi connectivity index (χ0) is 25.4. The van der Waals surface area contributed by atoms with Crippen LogP contribution in [0.1, 0.15) is 82.4 Å². The summed E-state index contributed by atoms with van der Waals surface area (Å²) in [6.45, 7) is 3.81. The van der Waals surface area contributed by atoms with Crippen molar-refractivity contribution in [1.29, 1.82) is 0 Å². The molecule has 3 atom stereocenters. The van der Waals surface area contributed by atoms with Crippen LogP contribution in [0.4, 0.5) is 0 Å². The number of benzene rings is 1. The van der Waals surface area contributed by atoms with Gasteiger partial charge in [-0.05, 0) is 62.8 Å². The Morgan fingerprint density at radius 1 is 0.892 bits per heavy atom. The van der Waals surface area contributed by atoms with Crippen molar-refractivity contribution in [3.05, 3.63) is 69.2 Å². The number of pyridine rings is 1. The highest BCUT2D eigenvalue weighted by Crippen LogP contribution is 2.44. The molecule has 6 rings (SSSR count). The van der Waals surface area contributed by atoms with Gasteiger partial charge in [0.2, 0.25) is 0 Å². The van der Waals surface area contributed by atoms with E-state index in [-0.39, 0.29) is 23.8 Å². The second-order valence-corrected chi connectivity index (χ2v) is 11.3. The van der Waals surface area contributed by atoms with E-state index in [0.717, 1.165) is 23.9 Å². The van der Waals surface area contributed by atoms with Gasteiger partial charge in [0.25, 0.3) is 5.56 Å². The van der Waals surface area contributed by atoms with Crippen molar-refractivity contribution < 1.29 is 5.11 Å². The molecule has 1 saturated carbocycles. The Kier molecular flexibility index (Phi) is 6.85. The van der Waals surface area contributed by atoms with Gasteiger partial charge in [-0.25, -0.2) is 4.98 Å². The maximum atomic E-state index is 13.9. The van der Waals surface area contributed by atoms with Gasteiger partial charge in [0, 0.05) is 35.6 Å². The molecular weight excluding hydrogens is 460 g/mol. The van der Waals surface area contributed by atoms with Crippen LogP contribution in [0.3, 0.4) is 0 Å². The Hall–Kier alpha value is -2.99. The molecule has 2 saturated heterocycles. The highest BCUT2D eigenvalue weighted by atomic mass is 16.3. The highest BCUT2D eigenvalue weighted by Gasteiger charge is 2.44. The number of piperidine rings is 1. The Balaban J connectivity index is 1.34.